The zero-order chi connectivity index (χ0) is 15.1. The van der Waals surface area contributed by atoms with Crippen molar-refractivity contribution in [3.63, 3.8) is 0 Å². The Balaban J connectivity index is 2.06. The maximum Gasteiger partial charge on any atom is 0.0430 e. The molecule has 0 aliphatic heterocycles. The van der Waals surface area contributed by atoms with Gasteiger partial charge in [-0.15, -0.1) is 11.8 Å². The molecule has 4 heteroatoms. The van der Waals surface area contributed by atoms with Crippen LogP contribution >= 0.6 is 27.7 Å². The lowest BCUT2D eigenvalue weighted by atomic mass is 10.1. The molecule has 1 aromatic heterocycles. The topological polar surface area (TPSA) is 24.9 Å². The van der Waals surface area contributed by atoms with Crippen LogP contribution in [-0.4, -0.2) is 17.3 Å². The first-order chi connectivity index (χ1) is 10.2. The van der Waals surface area contributed by atoms with Crippen molar-refractivity contribution in [1.29, 1.82) is 0 Å². The predicted molar refractivity (Wildman–Crippen MR) is 94.9 cm³/mol. The highest BCUT2D eigenvalue weighted by atomic mass is 79.9. The molecule has 1 N–H and O–H groups in total. The lowest BCUT2D eigenvalue weighted by molar-refractivity contribution is 0.575. The summed E-state index contributed by atoms with van der Waals surface area (Å²) in [6.07, 6.45) is 3.12. The molecule has 1 aromatic carbocycles. The van der Waals surface area contributed by atoms with Crippen LogP contribution in [0.4, 0.5) is 0 Å². The van der Waals surface area contributed by atoms with E-state index in [0.29, 0.717) is 6.04 Å². The van der Waals surface area contributed by atoms with Gasteiger partial charge in [0, 0.05) is 33.1 Å². The smallest absolute Gasteiger partial charge is 0.0430 e. The third kappa shape index (κ3) is 5.13. The van der Waals surface area contributed by atoms with Gasteiger partial charge in [-0.2, -0.15) is 0 Å². The van der Waals surface area contributed by atoms with Crippen molar-refractivity contribution in [3.8, 4) is 0 Å². The molecule has 0 bridgehead atoms. The summed E-state index contributed by atoms with van der Waals surface area (Å²) < 4.78 is 1.16. The lowest BCUT2D eigenvalue weighted by Gasteiger charge is -2.19. The summed E-state index contributed by atoms with van der Waals surface area (Å²) in [6.45, 7) is 5.24. The Hall–Kier alpha value is -0.840. The van der Waals surface area contributed by atoms with Crippen LogP contribution in [0, 0.1) is 6.92 Å². The number of nitrogens with zero attached hydrogens (tertiary/aromatic N) is 1. The first-order valence-electron chi connectivity index (χ1n) is 7.24. The van der Waals surface area contributed by atoms with Gasteiger partial charge in [-0.05, 0) is 59.6 Å². The molecular formula is C17H21BrN2S. The van der Waals surface area contributed by atoms with Gasteiger partial charge in [0.15, 0.2) is 0 Å². The predicted octanol–water partition coefficient (Wildman–Crippen LogP) is 4.99. The van der Waals surface area contributed by atoms with Gasteiger partial charge in [0.1, 0.15) is 0 Å². The van der Waals surface area contributed by atoms with E-state index >= 15 is 0 Å². The van der Waals surface area contributed by atoms with Crippen LogP contribution in [-0.2, 0) is 0 Å². The van der Waals surface area contributed by atoms with Crippen molar-refractivity contribution in [2.24, 2.45) is 0 Å². The van der Waals surface area contributed by atoms with Crippen LogP contribution in [0.3, 0.4) is 0 Å². The maximum absolute atomic E-state index is 4.42. The Labute approximate surface area is 139 Å². The van der Waals surface area contributed by atoms with Crippen molar-refractivity contribution < 1.29 is 0 Å². The van der Waals surface area contributed by atoms with Gasteiger partial charge in [-0.3, -0.25) is 4.98 Å². The van der Waals surface area contributed by atoms with Crippen LogP contribution in [0.1, 0.15) is 30.6 Å². The van der Waals surface area contributed by atoms with E-state index in [1.165, 1.54) is 10.5 Å². The molecular weight excluding hydrogens is 344 g/mol. The number of hydrogen-bond donors (Lipinski definition) is 1. The monoisotopic (exact) mass is 364 g/mol. The number of pyridine rings is 1. The lowest BCUT2D eigenvalue weighted by Crippen LogP contribution is -2.24. The fourth-order valence-electron chi connectivity index (χ4n) is 2.01. The SMILES string of the molecule is CCCNC(CSc1ccccc1Br)c1ccc(C)nc1. The minimum absolute atomic E-state index is 0.329. The molecule has 0 saturated heterocycles. The third-order valence-electron chi connectivity index (χ3n) is 3.22. The zero-order valence-electron chi connectivity index (χ0n) is 12.5. The van der Waals surface area contributed by atoms with Gasteiger partial charge in [-0.1, -0.05) is 25.1 Å². The molecule has 0 aliphatic carbocycles. The van der Waals surface area contributed by atoms with E-state index < -0.39 is 0 Å². The van der Waals surface area contributed by atoms with E-state index in [2.05, 4.69) is 63.5 Å². The van der Waals surface area contributed by atoms with Crippen molar-refractivity contribution in [1.82, 2.24) is 10.3 Å². The number of nitrogens with one attached hydrogen (secondary N) is 1. The molecule has 0 amide bonds. The normalized spacial score (nSPS) is 12.3. The highest BCUT2D eigenvalue weighted by Crippen LogP contribution is 2.30. The molecule has 1 atom stereocenters. The molecule has 1 heterocycles. The third-order valence-corrected chi connectivity index (χ3v) is 5.34. The number of aryl methyl sites for hydroxylation is 1. The molecule has 2 nitrogen and oxygen atoms in total. The van der Waals surface area contributed by atoms with Crippen LogP contribution < -0.4 is 5.32 Å². The van der Waals surface area contributed by atoms with Gasteiger partial charge in [0.2, 0.25) is 0 Å². The molecule has 21 heavy (non-hydrogen) atoms. The average molecular weight is 365 g/mol. The second-order valence-corrected chi connectivity index (χ2v) is 6.90. The molecule has 0 fully saturated rings. The van der Waals surface area contributed by atoms with Gasteiger partial charge >= 0.3 is 0 Å². The molecule has 0 spiro atoms. The minimum atomic E-state index is 0.329. The highest BCUT2D eigenvalue weighted by molar-refractivity contribution is 9.10. The van der Waals surface area contributed by atoms with Crippen LogP contribution in [0.2, 0.25) is 0 Å². The molecule has 0 radical (unpaired) electrons. The Morgan fingerprint density at radius 1 is 1.24 bits per heavy atom. The van der Waals surface area contributed by atoms with E-state index in [0.717, 1.165) is 28.9 Å². The number of rotatable bonds is 7. The molecule has 0 aliphatic rings. The fourth-order valence-corrected chi connectivity index (χ4v) is 3.68. The zero-order valence-corrected chi connectivity index (χ0v) is 14.9. The van der Waals surface area contributed by atoms with Crippen molar-refractivity contribution in [2.45, 2.75) is 31.2 Å². The summed E-state index contributed by atoms with van der Waals surface area (Å²) in [6, 6.07) is 13.0. The summed E-state index contributed by atoms with van der Waals surface area (Å²) in [5.41, 5.74) is 2.32. The molecule has 1 unspecified atom stereocenters. The van der Waals surface area contributed by atoms with E-state index in [-0.39, 0.29) is 0 Å². The Morgan fingerprint density at radius 2 is 2.05 bits per heavy atom. The summed E-state index contributed by atoms with van der Waals surface area (Å²) >= 11 is 5.48. The molecule has 2 aromatic rings. The first kappa shape index (κ1) is 16.5. The fraction of sp³-hybridized carbons (Fsp3) is 0.353. The summed E-state index contributed by atoms with van der Waals surface area (Å²) in [7, 11) is 0. The van der Waals surface area contributed by atoms with Crippen LogP contribution in [0.25, 0.3) is 0 Å². The number of aromatic nitrogens is 1. The van der Waals surface area contributed by atoms with Gasteiger partial charge < -0.3 is 5.32 Å². The van der Waals surface area contributed by atoms with E-state index in [1.54, 1.807) is 0 Å². The maximum atomic E-state index is 4.42. The summed E-state index contributed by atoms with van der Waals surface area (Å²) in [4.78, 5) is 5.70. The van der Waals surface area contributed by atoms with Crippen LogP contribution in [0.15, 0.2) is 52.0 Å². The van der Waals surface area contributed by atoms with Crippen LogP contribution in [0.5, 0.6) is 0 Å². The van der Waals surface area contributed by atoms with Crippen molar-refractivity contribution in [2.75, 3.05) is 12.3 Å². The van der Waals surface area contributed by atoms with E-state index in [4.69, 9.17) is 0 Å². The molecule has 0 saturated carbocycles. The first-order valence-corrected chi connectivity index (χ1v) is 9.02. The summed E-state index contributed by atoms with van der Waals surface area (Å²) in [5.74, 6) is 0.993. The minimum Gasteiger partial charge on any atom is -0.309 e. The van der Waals surface area contributed by atoms with E-state index in [9.17, 15) is 0 Å². The van der Waals surface area contributed by atoms with E-state index in [1.807, 2.05) is 30.9 Å². The second-order valence-electron chi connectivity index (χ2n) is 4.98. The quantitative estimate of drug-likeness (QED) is 0.700. The largest absolute Gasteiger partial charge is 0.309 e. The van der Waals surface area contributed by atoms with Gasteiger partial charge in [-0.25, -0.2) is 0 Å². The van der Waals surface area contributed by atoms with Crippen molar-refractivity contribution in [3.05, 3.63) is 58.3 Å². The Morgan fingerprint density at radius 3 is 2.71 bits per heavy atom. The average Bonchev–Trinajstić information content (AvgIpc) is 2.50. The van der Waals surface area contributed by atoms with Gasteiger partial charge in [0.05, 0.1) is 0 Å². The summed E-state index contributed by atoms with van der Waals surface area (Å²) in [5, 5.41) is 3.62. The second kappa shape index (κ2) is 8.57. The number of benzene rings is 1. The number of thioether (sulfide) groups is 1. The van der Waals surface area contributed by atoms with Gasteiger partial charge in [0.25, 0.3) is 0 Å². The van der Waals surface area contributed by atoms with Crippen molar-refractivity contribution >= 4 is 27.7 Å². The molecule has 112 valence electrons. The number of halogens is 1. The Kier molecular flexibility index (Phi) is 6.74. The standard InChI is InChI=1S/C17H21BrN2S/c1-3-10-19-16(14-9-8-13(2)20-11-14)12-21-17-7-5-4-6-15(17)18/h4-9,11,16,19H,3,10,12H2,1-2H3. The molecule has 2 rings (SSSR count). The number of hydrogen-bond acceptors (Lipinski definition) is 3. The Bertz CT molecular complexity index is 557. The highest BCUT2D eigenvalue weighted by Gasteiger charge is 2.12.